The monoisotopic (exact) mass is 715 g/mol. The topological polar surface area (TPSA) is 51.2 Å². The van der Waals surface area contributed by atoms with Crippen LogP contribution in [0, 0.1) is 5.92 Å². The number of unbranched alkanes of at least 4 members (excludes halogenated alkanes) is 32. The molecule has 0 aliphatic rings. The lowest BCUT2D eigenvalue weighted by atomic mass is 9.94. The van der Waals surface area contributed by atoms with Gasteiger partial charge in [-0.1, -0.05) is 212 Å². The molecule has 3 heteroatoms. The summed E-state index contributed by atoms with van der Waals surface area (Å²) in [5, 5.41) is 0. The highest BCUT2D eigenvalue weighted by atomic mass is 16.1. The minimum Gasteiger partial charge on any atom is -0.303 e. The summed E-state index contributed by atoms with van der Waals surface area (Å²) in [4.78, 5) is 36.3. The lowest BCUT2D eigenvalue weighted by Crippen LogP contribution is -2.15. The number of hydrogen-bond donors (Lipinski definition) is 0. The summed E-state index contributed by atoms with van der Waals surface area (Å²) in [5.41, 5.74) is 0. The molecular formula is C48H90O3. The molecule has 3 nitrogen and oxygen atoms in total. The summed E-state index contributed by atoms with van der Waals surface area (Å²) < 4.78 is 0. The number of hydrogen-bond acceptors (Lipinski definition) is 3. The van der Waals surface area contributed by atoms with E-state index >= 15 is 0 Å². The van der Waals surface area contributed by atoms with Crippen LogP contribution >= 0.6 is 0 Å². The van der Waals surface area contributed by atoms with Crippen molar-refractivity contribution in [1.29, 1.82) is 0 Å². The van der Waals surface area contributed by atoms with Crippen LogP contribution in [0.4, 0.5) is 0 Å². The first-order valence-corrected chi connectivity index (χ1v) is 23.3. The van der Waals surface area contributed by atoms with Crippen molar-refractivity contribution in [2.45, 2.75) is 271 Å². The summed E-state index contributed by atoms with van der Waals surface area (Å²) >= 11 is 0. The molecule has 300 valence electrons. The van der Waals surface area contributed by atoms with E-state index in [1.165, 1.54) is 193 Å². The minimum absolute atomic E-state index is 0.175. The van der Waals surface area contributed by atoms with E-state index in [2.05, 4.69) is 26.0 Å². The fourth-order valence-corrected chi connectivity index (χ4v) is 7.43. The third-order valence-corrected chi connectivity index (χ3v) is 11.0. The number of carbonyl (C=O) groups is 3. The van der Waals surface area contributed by atoms with Gasteiger partial charge in [0, 0.05) is 19.3 Å². The van der Waals surface area contributed by atoms with Gasteiger partial charge in [-0.05, 0) is 51.4 Å². The Balaban J connectivity index is 3.43. The average Bonchev–Trinajstić information content (AvgIpc) is 3.13. The van der Waals surface area contributed by atoms with Gasteiger partial charge in [0.25, 0.3) is 0 Å². The van der Waals surface area contributed by atoms with Gasteiger partial charge in [0.15, 0.2) is 0 Å². The fourth-order valence-electron chi connectivity index (χ4n) is 7.43. The Hall–Kier alpha value is -1.25. The van der Waals surface area contributed by atoms with Crippen LogP contribution in [0.1, 0.15) is 271 Å². The largest absolute Gasteiger partial charge is 0.303 e. The minimum atomic E-state index is -0.366. The highest BCUT2D eigenvalue weighted by Crippen LogP contribution is 2.18. The summed E-state index contributed by atoms with van der Waals surface area (Å²) in [5.74, 6) is 0.302. The predicted octanol–water partition coefficient (Wildman–Crippen LogP) is 16.1. The summed E-state index contributed by atoms with van der Waals surface area (Å²) in [6.07, 6.45) is 54.5. The van der Waals surface area contributed by atoms with Crippen LogP contribution in [0.5, 0.6) is 0 Å². The van der Waals surface area contributed by atoms with Crippen LogP contribution in [-0.2, 0) is 14.4 Å². The van der Waals surface area contributed by atoms with E-state index in [0.29, 0.717) is 12.2 Å². The average molecular weight is 715 g/mol. The molecule has 0 saturated heterocycles. The molecule has 0 aromatic rings. The second-order valence-electron chi connectivity index (χ2n) is 16.1. The van der Waals surface area contributed by atoms with Crippen LogP contribution in [0.15, 0.2) is 12.2 Å². The normalized spacial score (nSPS) is 12.2. The maximum atomic E-state index is 12.5. The molecule has 0 saturated carbocycles. The first kappa shape index (κ1) is 49.8. The van der Waals surface area contributed by atoms with Gasteiger partial charge in [0.05, 0.1) is 5.92 Å². The second kappa shape index (κ2) is 43.2. The molecule has 0 aromatic heterocycles. The van der Waals surface area contributed by atoms with E-state index in [1.54, 1.807) is 0 Å². The van der Waals surface area contributed by atoms with Gasteiger partial charge in [-0.25, -0.2) is 0 Å². The molecule has 1 atom stereocenters. The molecule has 1 unspecified atom stereocenters. The quantitative estimate of drug-likeness (QED) is 0.0273. The first-order chi connectivity index (χ1) is 25.2. The highest BCUT2D eigenvalue weighted by molar-refractivity contribution is 5.93. The smallest absolute Gasteiger partial charge is 0.143 e. The molecule has 0 aromatic carbocycles. The molecule has 0 spiro atoms. The third-order valence-electron chi connectivity index (χ3n) is 11.0. The number of allylic oxidation sites excluding steroid dienone is 2. The van der Waals surface area contributed by atoms with Crippen molar-refractivity contribution in [3.05, 3.63) is 12.2 Å². The molecule has 0 radical (unpaired) electrons. The zero-order valence-corrected chi connectivity index (χ0v) is 34.8. The Kier molecular flexibility index (Phi) is 42.1. The van der Waals surface area contributed by atoms with Crippen molar-refractivity contribution in [3.63, 3.8) is 0 Å². The van der Waals surface area contributed by atoms with Crippen molar-refractivity contribution in [1.82, 2.24) is 0 Å². The van der Waals surface area contributed by atoms with Crippen LogP contribution in [0.3, 0.4) is 0 Å². The molecule has 0 aliphatic carbocycles. The van der Waals surface area contributed by atoms with E-state index in [1.807, 2.05) is 0 Å². The molecule has 51 heavy (non-hydrogen) atoms. The third kappa shape index (κ3) is 39.8. The van der Waals surface area contributed by atoms with Gasteiger partial charge in [-0.15, -0.1) is 0 Å². The predicted molar refractivity (Wildman–Crippen MR) is 225 cm³/mol. The molecule has 0 fully saturated rings. The summed E-state index contributed by atoms with van der Waals surface area (Å²) in [7, 11) is 0. The van der Waals surface area contributed by atoms with Gasteiger partial charge < -0.3 is 4.79 Å². The highest BCUT2D eigenvalue weighted by Gasteiger charge is 2.16. The molecule has 0 aliphatic heterocycles. The Labute approximate surface area is 320 Å². The molecule has 0 N–H and O–H groups in total. The lowest BCUT2D eigenvalue weighted by molar-refractivity contribution is -0.127. The SMILES string of the molecule is CCCCCCCCC=CCCCCCCCC(=O)C(C=O)CCCCCCCCCCCCCCC(=O)CCCCCCCCCCCCC. The van der Waals surface area contributed by atoms with Gasteiger partial charge >= 0.3 is 0 Å². The summed E-state index contributed by atoms with van der Waals surface area (Å²) in [6.45, 7) is 4.55. The Morgan fingerprint density at radius 1 is 0.373 bits per heavy atom. The van der Waals surface area contributed by atoms with Crippen LogP contribution in [-0.4, -0.2) is 17.9 Å². The Morgan fingerprint density at radius 3 is 1.02 bits per heavy atom. The maximum absolute atomic E-state index is 12.5. The van der Waals surface area contributed by atoms with E-state index in [9.17, 15) is 14.4 Å². The van der Waals surface area contributed by atoms with Gasteiger partial charge in [0.1, 0.15) is 17.9 Å². The maximum Gasteiger partial charge on any atom is 0.143 e. The van der Waals surface area contributed by atoms with Gasteiger partial charge in [0.2, 0.25) is 0 Å². The lowest BCUT2D eigenvalue weighted by Gasteiger charge is -2.09. The fraction of sp³-hybridized carbons (Fsp3) is 0.896. The molecule has 0 bridgehead atoms. The van der Waals surface area contributed by atoms with Crippen molar-refractivity contribution >= 4 is 17.9 Å². The summed E-state index contributed by atoms with van der Waals surface area (Å²) in [6, 6.07) is 0. The van der Waals surface area contributed by atoms with E-state index in [-0.39, 0.29) is 11.7 Å². The van der Waals surface area contributed by atoms with Gasteiger partial charge in [-0.2, -0.15) is 0 Å². The number of ketones is 2. The van der Waals surface area contributed by atoms with Crippen LogP contribution in [0.25, 0.3) is 0 Å². The number of carbonyl (C=O) groups excluding carboxylic acids is 3. The standard InChI is InChI=1S/C48H90O3/c1-3-5-7-9-11-13-15-16-17-18-24-28-32-36-40-44-48(51)46(45-49)41-37-33-29-25-22-19-20-23-27-31-35-39-43-47(50)42-38-34-30-26-21-14-12-10-8-6-4-2/h16-17,45-46H,3-15,18-44H2,1-2H3. The van der Waals surface area contributed by atoms with Crippen LogP contribution in [0.2, 0.25) is 0 Å². The molecule has 0 rings (SSSR count). The second-order valence-corrected chi connectivity index (χ2v) is 16.1. The molecule has 0 heterocycles. The number of Topliss-reactive ketones (excluding diaryl/α,β-unsaturated/α-hetero) is 2. The molecule has 0 amide bonds. The van der Waals surface area contributed by atoms with E-state index in [0.717, 1.165) is 64.1 Å². The van der Waals surface area contributed by atoms with Crippen LogP contribution < -0.4 is 0 Å². The van der Waals surface area contributed by atoms with Gasteiger partial charge in [-0.3, -0.25) is 9.59 Å². The van der Waals surface area contributed by atoms with Crippen molar-refractivity contribution in [2.75, 3.05) is 0 Å². The van der Waals surface area contributed by atoms with E-state index in [4.69, 9.17) is 0 Å². The zero-order valence-electron chi connectivity index (χ0n) is 34.8. The Morgan fingerprint density at radius 2 is 0.667 bits per heavy atom. The zero-order chi connectivity index (χ0) is 37.1. The number of rotatable bonds is 44. The van der Waals surface area contributed by atoms with Crippen molar-refractivity contribution in [3.8, 4) is 0 Å². The van der Waals surface area contributed by atoms with E-state index < -0.39 is 0 Å². The number of aldehydes is 1. The Bertz CT molecular complexity index is 756. The van der Waals surface area contributed by atoms with Crippen molar-refractivity contribution < 1.29 is 14.4 Å². The van der Waals surface area contributed by atoms with Crippen molar-refractivity contribution in [2.24, 2.45) is 5.92 Å². The molecular weight excluding hydrogens is 625 g/mol. The first-order valence-electron chi connectivity index (χ1n) is 23.3.